The summed E-state index contributed by atoms with van der Waals surface area (Å²) in [5, 5.41) is 1.94. The van der Waals surface area contributed by atoms with Gasteiger partial charge in [-0.2, -0.15) is 3.21 Å². The molecule has 0 atom stereocenters. The number of hydrogen-bond donors (Lipinski definition) is 0. The molecule has 3 nitrogen and oxygen atoms in total. The highest BCUT2D eigenvalue weighted by Gasteiger charge is 2.02. The highest BCUT2D eigenvalue weighted by molar-refractivity contribution is 14.1. The third-order valence-electron chi connectivity index (χ3n) is 0.904. The van der Waals surface area contributed by atoms with Crippen LogP contribution >= 0.6 is 21.3 Å². The van der Waals surface area contributed by atoms with Crippen molar-refractivity contribution in [1.29, 1.82) is 0 Å². The average Bonchev–Trinajstić information content (AvgIpc) is 2.15. The van der Waals surface area contributed by atoms with Gasteiger partial charge in [0, 0.05) is 6.54 Å². The molecule has 0 N–H and O–H groups in total. The Bertz CT molecular complexity index is 129. The van der Waals surface area contributed by atoms with Crippen molar-refractivity contribution in [2.24, 2.45) is 12.4 Å². The highest BCUT2D eigenvalue weighted by atomic mass is 127. The predicted octanol–water partition coefficient (Wildman–Crippen LogP) is 1.97. The van der Waals surface area contributed by atoms with Gasteiger partial charge in [0.1, 0.15) is 6.34 Å². The molecule has 0 saturated heterocycles. The summed E-state index contributed by atoms with van der Waals surface area (Å²) in [5.41, 5.74) is 0. The van der Waals surface area contributed by atoms with E-state index in [2.05, 4.69) is 20.3 Å². The van der Waals surface area contributed by atoms with Crippen molar-refractivity contribution >= 4 is 27.6 Å². The van der Waals surface area contributed by atoms with Crippen LogP contribution in [-0.4, -0.2) is 17.9 Å². The molecule has 0 unspecified atom stereocenters. The summed E-state index contributed by atoms with van der Waals surface area (Å²) < 4.78 is 8.26. The standard InChI is InChI=1S/C5H10IN3/c1-5(2)3-9-4-7-6-8-9/h4-5H,3H2,1-2H3. The van der Waals surface area contributed by atoms with Crippen molar-refractivity contribution in [3.05, 3.63) is 0 Å². The Hall–Kier alpha value is -0.0000000000000000555. The van der Waals surface area contributed by atoms with Gasteiger partial charge in [0.25, 0.3) is 0 Å². The topological polar surface area (TPSA) is 28.0 Å². The highest BCUT2D eigenvalue weighted by Crippen LogP contribution is 2.12. The molecule has 1 heterocycles. The van der Waals surface area contributed by atoms with Crippen LogP contribution in [0.2, 0.25) is 0 Å². The molecule has 0 spiro atoms. The van der Waals surface area contributed by atoms with Crippen LogP contribution in [0.15, 0.2) is 6.46 Å². The first-order valence-corrected chi connectivity index (χ1v) is 4.86. The molecule has 0 aromatic rings. The molecule has 1 aliphatic heterocycles. The maximum Gasteiger partial charge on any atom is 0.166 e. The Balaban J connectivity index is 2.29. The summed E-state index contributed by atoms with van der Waals surface area (Å²) in [7, 11) is 0. The van der Waals surface area contributed by atoms with Crippen LogP contribution in [0.4, 0.5) is 0 Å². The van der Waals surface area contributed by atoms with Gasteiger partial charge in [0.05, 0.1) is 0 Å². The zero-order valence-corrected chi connectivity index (χ0v) is 7.74. The summed E-state index contributed by atoms with van der Waals surface area (Å²) in [6.45, 7) is 5.38. The number of hydrogen-bond acceptors (Lipinski definition) is 3. The lowest BCUT2D eigenvalue weighted by molar-refractivity contribution is 0.406. The molecule has 0 radical (unpaired) electrons. The average molecular weight is 239 g/mol. The van der Waals surface area contributed by atoms with Gasteiger partial charge in [-0.3, -0.25) is 0 Å². The zero-order valence-electron chi connectivity index (χ0n) is 5.58. The third-order valence-corrected chi connectivity index (χ3v) is 2.15. The van der Waals surface area contributed by atoms with Gasteiger partial charge >= 0.3 is 0 Å². The third kappa shape index (κ3) is 2.38. The smallest absolute Gasteiger partial charge is 0.166 e. The largest absolute Gasteiger partial charge is 0.247 e. The second-order valence-corrected chi connectivity index (χ2v) is 3.80. The molecule has 4 heteroatoms. The van der Waals surface area contributed by atoms with Crippen LogP contribution in [0.25, 0.3) is 0 Å². The normalized spacial score (nSPS) is 17.0. The van der Waals surface area contributed by atoms with E-state index >= 15 is 0 Å². The molecule has 0 fully saturated rings. The Labute approximate surface area is 65.6 Å². The van der Waals surface area contributed by atoms with Gasteiger partial charge < -0.3 is 0 Å². The second-order valence-electron chi connectivity index (χ2n) is 2.38. The molecule has 0 aromatic carbocycles. The monoisotopic (exact) mass is 239 g/mol. The summed E-state index contributed by atoms with van der Waals surface area (Å²) >= 11 is -0.210. The first-order valence-electron chi connectivity index (χ1n) is 2.93. The van der Waals surface area contributed by atoms with Gasteiger partial charge in [-0.05, 0) is 5.92 Å². The van der Waals surface area contributed by atoms with E-state index < -0.39 is 0 Å². The minimum Gasteiger partial charge on any atom is -0.247 e. The zero-order chi connectivity index (χ0) is 6.69. The van der Waals surface area contributed by atoms with E-state index in [0.29, 0.717) is 5.92 Å². The SMILES string of the molecule is CC(C)CN1C=NI=N1. The predicted molar refractivity (Wildman–Crippen MR) is 46.5 cm³/mol. The van der Waals surface area contributed by atoms with Crippen LogP contribution in [-0.2, 0) is 0 Å². The fourth-order valence-corrected chi connectivity index (χ4v) is 1.65. The van der Waals surface area contributed by atoms with Gasteiger partial charge in [-0.25, -0.2) is 5.01 Å². The molecule has 9 heavy (non-hydrogen) atoms. The Morgan fingerprint density at radius 3 is 2.89 bits per heavy atom. The molecule has 0 aliphatic carbocycles. The fraction of sp³-hybridized carbons (Fsp3) is 0.800. The van der Waals surface area contributed by atoms with E-state index in [9.17, 15) is 0 Å². The lowest BCUT2D eigenvalue weighted by Crippen LogP contribution is -2.17. The van der Waals surface area contributed by atoms with Crippen LogP contribution < -0.4 is 0 Å². The molecule has 0 saturated carbocycles. The molecule has 1 rings (SSSR count). The first-order chi connectivity index (χ1) is 4.29. The molecule has 0 bridgehead atoms. The number of nitrogens with zero attached hydrogens (tertiary/aromatic N) is 3. The van der Waals surface area contributed by atoms with Gasteiger partial charge in [-0.15, -0.1) is 3.25 Å². The maximum atomic E-state index is 4.20. The van der Waals surface area contributed by atoms with Gasteiger partial charge in [-0.1, -0.05) is 13.8 Å². The molecule has 0 amide bonds. The van der Waals surface area contributed by atoms with Crippen LogP contribution in [0.3, 0.4) is 0 Å². The summed E-state index contributed by atoms with van der Waals surface area (Å²) in [6.07, 6.45) is 1.84. The summed E-state index contributed by atoms with van der Waals surface area (Å²) in [4.78, 5) is 0. The number of halogens is 1. The quantitative estimate of drug-likeness (QED) is 0.677. The van der Waals surface area contributed by atoms with Crippen molar-refractivity contribution in [3.8, 4) is 0 Å². The van der Waals surface area contributed by atoms with E-state index in [-0.39, 0.29) is 21.3 Å². The van der Waals surface area contributed by atoms with E-state index in [4.69, 9.17) is 0 Å². The summed E-state index contributed by atoms with van der Waals surface area (Å²) in [6, 6.07) is 0. The van der Waals surface area contributed by atoms with Crippen LogP contribution in [0.1, 0.15) is 13.8 Å². The number of rotatable bonds is 2. The lowest BCUT2D eigenvalue weighted by Gasteiger charge is -2.10. The molecule has 1 aliphatic rings. The molecular formula is C5H10IN3. The van der Waals surface area contributed by atoms with Crippen molar-refractivity contribution in [3.63, 3.8) is 0 Å². The summed E-state index contributed by atoms with van der Waals surface area (Å²) in [5.74, 6) is 0.683. The maximum absolute atomic E-state index is 4.20. The van der Waals surface area contributed by atoms with Crippen molar-refractivity contribution in [1.82, 2.24) is 5.01 Å². The molecule has 52 valence electrons. The Kier molecular flexibility index (Phi) is 2.56. The van der Waals surface area contributed by atoms with E-state index in [1.807, 2.05) is 11.3 Å². The Morgan fingerprint density at radius 2 is 2.44 bits per heavy atom. The van der Waals surface area contributed by atoms with E-state index in [1.165, 1.54) is 0 Å². The second kappa shape index (κ2) is 3.24. The van der Waals surface area contributed by atoms with Gasteiger partial charge in [0.2, 0.25) is 0 Å². The Morgan fingerprint density at radius 1 is 1.67 bits per heavy atom. The fourth-order valence-electron chi connectivity index (χ4n) is 0.604. The van der Waals surface area contributed by atoms with E-state index in [1.54, 1.807) is 0 Å². The van der Waals surface area contributed by atoms with Crippen molar-refractivity contribution in [2.75, 3.05) is 6.54 Å². The minimum absolute atomic E-state index is 0.210. The molecular weight excluding hydrogens is 229 g/mol. The van der Waals surface area contributed by atoms with Crippen molar-refractivity contribution in [2.45, 2.75) is 13.8 Å². The van der Waals surface area contributed by atoms with Crippen LogP contribution in [0.5, 0.6) is 0 Å². The minimum atomic E-state index is -0.210. The van der Waals surface area contributed by atoms with Gasteiger partial charge in [0.15, 0.2) is 21.3 Å². The van der Waals surface area contributed by atoms with Crippen molar-refractivity contribution < 1.29 is 0 Å². The van der Waals surface area contributed by atoms with E-state index in [0.717, 1.165) is 6.54 Å². The first kappa shape index (κ1) is 7.11. The molecule has 0 aromatic heterocycles. The lowest BCUT2D eigenvalue weighted by atomic mass is 10.2. The van der Waals surface area contributed by atoms with Crippen LogP contribution in [0, 0.1) is 5.92 Å².